The lowest BCUT2D eigenvalue weighted by atomic mass is 9.99. The van der Waals surface area contributed by atoms with Crippen LogP contribution in [0.4, 0.5) is 0 Å². The minimum atomic E-state index is -5.06. The maximum atomic E-state index is 12.9. The van der Waals surface area contributed by atoms with Gasteiger partial charge in [-0.25, -0.2) is 4.18 Å². The molecule has 1 heterocycles. The fraction of sp³-hybridized carbons (Fsp3) is 0.980. The number of carbonyl (C=O) groups excluding carboxylic acids is 1. The first-order chi connectivity index (χ1) is 30.6. The second-order valence-corrected chi connectivity index (χ2v) is 19.5. The lowest BCUT2D eigenvalue weighted by Gasteiger charge is -2.41. The topological polar surface area (TPSA) is 178 Å². The molecule has 0 aromatic carbocycles. The molecule has 1 saturated heterocycles. The minimum Gasteiger partial charge on any atom is -0.457 e. The molecule has 1 fully saturated rings. The molecule has 0 saturated carbocycles. The van der Waals surface area contributed by atoms with Gasteiger partial charge in [0, 0.05) is 13.0 Å². The fourth-order valence-corrected chi connectivity index (χ4v) is 9.01. The highest BCUT2D eigenvalue weighted by atomic mass is 32.3. The molecular formula is C50H98O12S. The summed E-state index contributed by atoms with van der Waals surface area (Å²) in [6, 6.07) is 0. The summed E-state index contributed by atoms with van der Waals surface area (Å²) < 4.78 is 59.2. The average Bonchev–Trinajstić information content (AvgIpc) is 3.26. The summed E-state index contributed by atoms with van der Waals surface area (Å²) in [4.78, 5) is 12.9. The number of aliphatic hydroxyl groups is 3. The van der Waals surface area contributed by atoms with Crippen LogP contribution >= 0.6 is 0 Å². The molecule has 13 heteroatoms. The van der Waals surface area contributed by atoms with Crippen LogP contribution in [0.1, 0.15) is 251 Å². The van der Waals surface area contributed by atoms with E-state index < -0.39 is 59.8 Å². The molecule has 1 aliphatic heterocycles. The van der Waals surface area contributed by atoms with E-state index in [0.717, 1.165) is 38.5 Å². The zero-order valence-corrected chi connectivity index (χ0v) is 41.2. The number of aliphatic hydroxyl groups excluding tert-OH is 3. The highest BCUT2D eigenvalue weighted by Crippen LogP contribution is 2.26. The summed E-state index contributed by atoms with van der Waals surface area (Å²) in [6.45, 7) is 4.05. The Hall–Kier alpha value is -0.900. The largest absolute Gasteiger partial charge is 0.457 e. The van der Waals surface area contributed by atoms with Gasteiger partial charge in [-0.2, -0.15) is 8.42 Å². The first kappa shape index (κ1) is 60.1. The van der Waals surface area contributed by atoms with Crippen LogP contribution in [0, 0.1) is 0 Å². The van der Waals surface area contributed by atoms with Gasteiger partial charge < -0.3 is 34.3 Å². The number of carbonyl (C=O) groups is 1. The van der Waals surface area contributed by atoms with Gasteiger partial charge >= 0.3 is 16.4 Å². The van der Waals surface area contributed by atoms with Crippen molar-refractivity contribution in [3.05, 3.63) is 0 Å². The molecule has 0 radical (unpaired) electrons. The van der Waals surface area contributed by atoms with Crippen molar-refractivity contribution in [3.63, 3.8) is 0 Å². The second-order valence-electron chi connectivity index (χ2n) is 18.5. The lowest BCUT2D eigenvalue weighted by molar-refractivity contribution is -0.301. The van der Waals surface area contributed by atoms with Crippen LogP contribution in [-0.2, 0) is 38.3 Å². The second kappa shape index (κ2) is 42.5. The molecule has 6 atom stereocenters. The summed E-state index contributed by atoms with van der Waals surface area (Å²) in [7, 11) is -5.06. The maximum absolute atomic E-state index is 12.9. The summed E-state index contributed by atoms with van der Waals surface area (Å²) in [5, 5.41) is 30.7. The number of hydrogen-bond donors (Lipinski definition) is 4. The smallest absolute Gasteiger partial charge is 0.397 e. The quantitative estimate of drug-likeness (QED) is 0.0258. The minimum absolute atomic E-state index is 0.0452. The maximum Gasteiger partial charge on any atom is 0.397 e. The molecule has 0 aromatic rings. The van der Waals surface area contributed by atoms with E-state index in [9.17, 15) is 33.1 Å². The van der Waals surface area contributed by atoms with Crippen molar-refractivity contribution in [2.75, 3.05) is 26.4 Å². The number of hydrogen-bond acceptors (Lipinski definition) is 11. The average molecular weight is 923 g/mol. The number of ether oxygens (including phenoxy) is 4. The van der Waals surface area contributed by atoms with E-state index in [2.05, 4.69) is 18.0 Å². The summed E-state index contributed by atoms with van der Waals surface area (Å²) in [5.41, 5.74) is 0. The Morgan fingerprint density at radius 3 is 1.27 bits per heavy atom. The molecule has 0 aromatic heterocycles. The van der Waals surface area contributed by atoms with Crippen LogP contribution in [0.5, 0.6) is 0 Å². The van der Waals surface area contributed by atoms with E-state index in [1.165, 1.54) is 186 Å². The number of esters is 1. The van der Waals surface area contributed by atoms with Crippen molar-refractivity contribution in [2.24, 2.45) is 0 Å². The highest BCUT2D eigenvalue weighted by Gasteiger charge is 2.48. The molecule has 12 nitrogen and oxygen atoms in total. The van der Waals surface area contributed by atoms with Crippen LogP contribution in [0.2, 0.25) is 0 Å². The Labute approximate surface area is 386 Å². The van der Waals surface area contributed by atoms with Crippen LogP contribution in [0.25, 0.3) is 0 Å². The van der Waals surface area contributed by atoms with E-state index >= 15 is 0 Å². The molecule has 63 heavy (non-hydrogen) atoms. The molecule has 0 aliphatic carbocycles. The van der Waals surface area contributed by atoms with Crippen LogP contribution in [-0.4, -0.2) is 97.5 Å². The van der Waals surface area contributed by atoms with Gasteiger partial charge in [-0.3, -0.25) is 9.35 Å². The van der Waals surface area contributed by atoms with E-state index in [0.29, 0.717) is 13.0 Å². The Balaban J connectivity index is 2.30. The Bertz CT molecular complexity index is 1110. The van der Waals surface area contributed by atoms with Gasteiger partial charge in [0.2, 0.25) is 0 Å². The Morgan fingerprint density at radius 1 is 0.540 bits per heavy atom. The molecule has 0 amide bonds. The predicted molar refractivity (Wildman–Crippen MR) is 253 cm³/mol. The third-order valence-corrected chi connectivity index (χ3v) is 12.9. The highest BCUT2D eigenvalue weighted by molar-refractivity contribution is 7.80. The summed E-state index contributed by atoms with van der Waals surface area (Å²) in [5.74, 6) is -0.392. The van der Waals surface area contributed by atoms with Gasteiger partial charge in [0.05, 0.1) is 19.8 Å². The Kier molecular flexibility index (Phi) is 40.5. The fourth-order valence-electron chi connectivity index (χ4n) is 8.50. The van der Waals surface area contributed by atoms with Crippen LogP contribution < -0.4 is 0 Å². The molecule has 4 N–H and O–H groups in total. The first-order valence-corrected chi connectivity index (χ1v) is 27.7. The zero-order valence-electron chi connectivity index (χ0n) is 40.4. The summed E-state index contributed by atoms with van der Waals surface area (Å²) in [6.07, 6.45) is 37.1. The molecule has 0 spiro atoms. The standard InChI is InChI=1S/C50H98O12S/c1-3-5-7-9-11-13-15-17-19-20-21-22-23-24-25-26-28-30-32-34-36-38-40-58-42-44(43-59-50-48(54)49(62-63(55,56)57)47(53)45(41-51)61-50)60-46(52)39-37-35-33-31-29-27-18-16-14-12-10-8-6-4-2/h44-45,47-51,53-54H,3-43H2,1-2H3,(H,55,56,57). The van der Waals surface area contributed by atoms with E-state index in [1.807, 2.05) is 0 Å². The SMILES string of the molecule is CCCCCCCCCCCCCCCCCCCCCCCCOCC(COC1OC(CO)C(O)C(OS(=O)(=O)O)C1O)OC(=O)CCCCCCCCCCCCCCCC. The van der Waals surface area contributed by atoms with Gasteiger partial charge in [0.25, 0.3) is 0 Å². The molecular weight excluding hydrogens is 825 g/mol. The van der Waals surface area contributed by atoms with Crippen molar-refractivity contribution in [1.82, 2.24) is 0 Å². The Morgan fingerprint density at radius 2 is 0.905 bits per heavy atom. The normalized spacial score (nSPS) is 19.7. The monoisotopic (exact) mass is 923 g/mol. The van der Waals surface area contributed by atoms with Gasteiger partial charge in [-0.1, -0.05) is 232 Å². The molecule has 1 rings (SSSR count). The lowest BCUT2D eigenvalue weighted by Crippen LogP contribution is -2.60. The van der Waals surface area contributed by atoms with Gasteiger partial charge in [-0.05, 0) is 12.8 Å². The van der Waals surface area contributed by atoms with Crippen molar-refractivity contribution in [1.29, 1.82) is 0 Å². The number of unbranched alkanes of at least 4 members (excludes halogenated alkanes) is 34. The molecule has 6 unspecified atom stereocenters. The van der Waals surface area contributed by atoms with Gasteiger partial charge in [0.15, 0.2) is 6.29 Å². The van der Waals surface area contributed by atoms with Crippen molar-refractivity contribution in [2.45, 2.75) is 288 Å². The van der Waals surface area contributed by atoms with Crippen molar-refractivity contribution >= 4 is 16.4 Å². The van der Waals surface area contributed by atoms with Crippen molar-refractivity contribution < 1.29 is 56.2 Å². The van der Waals surface area contributed by atoms with E-state index in [-0.39, 0.29) is 19.6 Å². The van der Waals surface area contributed by atoms with E-state index in [4.69, 9.17) is 18.9 Å². The first-order valence-electron chi connectivity index (χ1n) is 26.3. The third kappa shape index (κ3) is 35.9. The summed E-state index contributed by atoms with van der Waals surface area (Å²) >= 11 is 0. The van der Waals surface area contributed by atoms with Crippen molar-refractivity contribution in [3.8, 4) is 0 Å². The van der Waals surface area contributed by atoms with E-state index in [1.54, 1.807) is 0 Å². The molecule has 376 valence electrons. The van der Waals surface area contributed by atoms with Gasteiger partial charge in [-0.15, -0.1) is 0 Å². The zero-order chi connectivity index (χ0) is 46.1. The predicted octanol–water partition coefficient (Wildman–Crippen LogP) is 12.0. The molecule has 0 bridgehead atoms. The molecule has 1 aliphatic rings. The third-order valence-electron chi connectivity index (χ3n) is 12.5. The van der Waals surface area contributed by atoms with Gasteiger partial charge in [0.1, 0.15) is 30.5 Å². The van der Waals surface area contributed by atoms with Crippen LogP contribution in [0.3, 0.4) is 0 Å². The van der Waals surface area contributed by atoms with Crippen LogP contribution in [0.15, 0.2) is 0 Å². The number of rotatable bonds is 47.